The standard InChI is InChI=1S/C14H18N4O2/c1-18-8-7-16-13(18)9-12(14(19)20-2)17-11-6-4-3-5-10(11)15/h3-8,12,17H,9,15H2,1-2H3. The smallest absolute Gasteiger partial charge is 0.328 e. The van der Waals surface area contributed by atoms with E-state index in [4.69, 9.17) is 10.5 Å². The zero-order chi connectivity index (χ0) is 14.5. The predicted molar refractivity (Wildman–Crippen MR) is 77.2 cm³/mol. The maximum absolute atomic E-state index is 11.9. The normalized spacial score (nSPS) is 11.9. The first-order valence-corrected chi connectivity index (χ1v) is 6.27. The lowest BCUT2D eigenvalue weighted by atomic mass is 10.1. The van der Waals surface area contributed by atoms with E-state index in [2.05, 4.69) is 10.3 Å². The van der Waals surface area contributed by atoms with E-state index in [1.165, 1.54) is 7.11 Å². The fourth-order valence-corrected chi connectivity index (χ4v) is 1.93. The van der Waals surface area contributed by atoms with Crippen LogP contribution in [0.3, 0.4) is 0 Å². The van der Waals surface area contributed by atoms with E-state index < -0.39 is 6.04 Å². The molecule has 0 saturated carbocycles. The van der Waals surface area contributed by atoms with Gasteiger partial charge in [0.05, 0.1) is 18.5 Å². The van der Waals surface area contributed by atoms with Gasteiger partial charge in [0, 0.05) is 25.9 Å². The number of nitrogens with two attached hydrogens (primary N) is 1. The number of nitrogens with one attached hydrogen (secondary N) is 1. The zero-order valence-corrected chi connectivity index (χ0v) is 11.5. The third kappa shape index (κ3) is 3.09. The minimum absolute atomic E-state index is 0.351. The summed E-state index contributed by atoms with van der Waals surface area (Å²) in [6.45, 7) is 0. The van der Waals surface area contributed by atoms with Crippen molar-refractivity contribution in [1.82, 2.24) is 9.55 Å². The van der Waals surface area contributed by atoms with E-state index in [1.807, 2.05) is 36.0 Å². The monoisotopic (exact) mass is 274 g/mol. The van der Waals surface area contributed by atoms with Gasteiger partial charge in [-0.3, -0.25) is 0 Å². The number of ether oxygens (including phenoxy) is 1. The highest BCUT2D eigenvalue weighted by molar-refractivity contribution is 5.81. The van der Waals surface area contributed by atoms with Crippen molar-refractivity contribution in [1.29, 1.82) is 0 Å². The van der Waals surface area contributed by atoms with Crippen molar-refractivity contribution in [3.63, 3.8) is 0 Å². The molecule has 1 atom stereocenters. The Hall–Kier alpha value is -2.50. The molecule has 1 unspecified atom stereocenters. The average Bonchev–Trinajstić information content (AvgIpc) is 2.85. The lowest BCUT2D eigenvalue weighted by molar-refractivity contribution is -0.141. The Morgan fingerprint density at radius 2 is 2.25 bits per heavy atom. The molecule has 0 saturated heterocycles. The molecule has 1 aromatic carbocycles. The first kappa shape index (κ1) is 13.9. The van der Waals surface area contributed by atoms with Gasteiger partial charge < -0.3 is 20.4 Å². The maximum atomic E-state index is 11.9. The number of rotatable bonds is 5. The summed E-state index contributed by atoms with van der Waals surface area (Å²) in [5.74, 6) is 0.443. The summed E-state index contributed by atoms with van der Waals surface area (Å²) in [7, 11) is 3.25. The number of aromatic nitrogens is 2. The summed E-state index contributed by atoms with van der Waals surface area (Å²) in [5.41, 5.74) is 7.17. The molecule has 6 heteroatoms. The Kier molecular flexibility index (Phi) is 4.24. The van der Waals surface area contributed by atoms with Crippen LogP contribution >= 0.6 is 0 Å². The van der Waals surface area contributed by atoms with Crippen LogP contribution in [0.2, 0.25) is 0 Å². The molecule has 0 aliphatic heterocycles. The number of methoxy groups -OCH3 is 1. The molecule has 0 aliphatic rings. The largest absolute Gasteiger partial charge is 0.467 e. The van der Waals surface area contributed by atoms with E-state index in [-0.39, 0.29) is 5.97 Å². The van der Waals surface area contributed by atoms with Crippen molar-refractivity contribution >= 4 is 17.3 Å². The molecule has 1 aromatic heterocycles. The highest BCUT2D eigenvalue weighted by atomic mass is 16.5. The molecule has 0 spiro atoms. The van der Waals surface area contributed by atoms with Crippen LogP contribution in [-0.2, 0) is 23.0 Å². The van der Waals surface area contributed by atoms with E-state index >= 15 is 0 Å². The number of hydrogen-bond acceptors (Lipinski definition) is 5. The number of aryl methyl sites for hydroxylation is 1. The van der Waals surface area contributed by atoms with E-state index in [0.717, 1.165) is 5.82 Å². The number of nitrogens with zero attached hydrogens (tertiary/aromatic N) is 2. The van der Waals surface area contributed by atoms with Crippen molar-refractivity contribution in [3.05, 3.63) is 42.5 Å². The molecule has 2 rings (SSSR count). The first-order chi connectivity index (χ1) is 9.61. The number of esters is 1. The Morgan fingerprint density at radius 1 is 1.50 bits per heavy atom. The Morgan fingerprint density at radius 3 is 2.85 bits per heavy atom. The quantitative estimate of drug-likeness (QED) is 0.632. The third-order valence-corrected chi connectivity index (χ3v) is 3.08. The van der Waals surface area contributed by atoms with Gasteiger partial charge in [-0.25, -0.2) is 9.78 Å². The van der Waals surface area contributed by atoms with E-state index in [1.54, 1.807) is 12.3 Å². The van der Waals surface area contributed by atoms with Gasteiger partial charge in [0.15, 0.2) is 0 Å². The van der Waals surface area contributed by atoms with Crippen molar-refractivity contribution in [2.24, 2.45) is 7.05 Å². The summed E-state index contributed by atoms with van der Waals surface area (Å²) in [5, 5.41) is 3.11. The topological polar surface area (TPSA) is 82.2 Å². The summed E-state index contributed by atoms with van der Waals surface area (Å²) >= 11 is 0. The molecule has 0 fully saturated rings. The van der Waals surface area contributed by atoms with Crippen LogP contribution in [0.5, 0.6) is 0 Å². The third-order valence-electron chi connectivity index (χ3n) is 3.08. The number of para-hydroxylation sites is 2. The SMILES string of the molecule is COC(=O)C(Cc1nccn1C)Nc1ccccc1N. The number of benzene rings is 1. The number of nitrogen functional groups attached to an aromatic ring is 1. The first-order valence-electron chi connectivity index (χ1n) is 6.27. The molecule has 0 radical (unpaired) electrons. The van der Waals surface area contributed by atoms with Gasteiger partial charge in [-0.15, -0.1) is 0 Å². The molecule has 0 bridgehead atoms. The van der Waals surface area contributed by atoms with Crippen molar-refractivity contribution in [2.45, 2.75) is 12.5 Å². The molecular formula is C14H18N4O2. The van der Waals surface area contributed by atoms with E-state index in [9.17, 15) is 4.79 Å². The fourth-order valence-electron chi connectivity index (χ4n) is 1.93. The van der Waals surface area contributed by atoms with E-state index in [0.29, 0.717) is 17.8 Å². The van der Waals surface area contributed by atoms with Crippen molar-refractivity contribution in [3.8, 4) is 0 Å². The number of imidazole rings is 1. The number of hydrogen-bond donors (Lipinski definition) is 2. The van der Waals surface area contributed by atoms with Crippen LogP contribution in [0, 0.1) is 0 Å². The molecule has 1 heterocycles. The Bertz CT molecular complexity index is 594. The number of anilines is 2. The molecule has 6 nitrogen and oxygen atoms in total. The molecule has 20 heavy (non-hydrogen) atoms. The van der Waals surface area contributed by atoms with Crippen LogP contribution in [0.25, 0.3) is 0 Å². The molecule has 0 amide bonds. The highest BCUT2D eigenvalue weighted by Crippen LogP contribution is 2.19. The lowest BCUT2D eigenvalue weighted by Crippen LogP contribution is -2.34. The van der Waals surface area contributed by atoms with Crippen molar-refractivity contribution in [2.75, 3.05) is 18.2 Å². The van der Waals surface area contributed by atoms with Crippen LogP contribution in [-0.4, -0.2) is 28.7 Å². The van der Waals surface area contributed by atoms with Crippen LogP contribution in [0.15, 0.2) is 36.7 Å². The minimum Gasteiger partial charge on any atom is -0.467 e. The molecule has 3 N–H and O–H groups in total. The zero-order valence-electron chi connectivity index (χ0n) is 11.5. The van der Waals surface area contributed by atoms with Gasteiger partial charge in [-0.1, -0.05) is 12.1 Å². The number of carbonyl (C=O) groups is 1. The fraction of sp³-hybridized carbons (Fsp3) is 0.286. The second-order valence-corrected chi connectivity index (χ2v) is 4.47. The van der Waals surface area contributed by atoms with Gasteiger partial charge in [0.2, 0.25) is 0 Å². The van der Waals surface area contributed by atoms with Crippen LogP contribution < -0.4 is 11.1 Å². The van der Waals surface area contributed by atoms with Gasteiger partial charge in [-0.2, -0.15) is 0 Å². The molecular weight excluding hydrogens is 256 g/mol. The molecule has 106 valence electrons. The average molecular weight is 274 g/mol. The Balaban J connectivity index is 2.18. The van der Waals surface area contributed by atoms with Gasteiger partial charge in [0.1, 0.15) is 11.9 Å². The van der Waals surface area contributed by atoms with Gasteiger partial charge >= 0.3 is 5.97 Å². The second kappa shape index (κ2) is 6.10. The highest BCUT2D eigenvalue weighted by Gasteiger charge is 2.22. The second-order valence-electron chi connectivity index (χ2n) is 4.47. The van der Waals surface area contributed by atoms with Crippen LogP contribution in [0.1, 0.15) is 5.82 Å². The van der Waals surface area contributed by atoms with Gasteiger partial charge in [0.25, 0.3) is 0 Å². The van der Waals surface area contributed by atoms with Gasteiger partial charge in [-0.05, 0) is 12.1 Å². The summed E-state index contributed by atoms with van der Waals surface area (Å²) in [4.78, 5) is 16.1. The molecule has 0 aliphatic carbocycles. The summed E-state index contributed by atoms with van der Waals surface area (Å²) in [6, 6.07) is 6.76. The lowest BCUT2D eigenvalue weighted by Gasteiger charge is -2.18. The minimum atomic E-state index is -0.536. The van der Waals surface area contributed by atoms with Crippen LogP contribution in [0.4, 0.5) is 11.4 Å². The summed E-state index contributed by atoms with van der Waals surface area (Å²) < 4.78 is 6.70. The maximum Gasteiger partial charge on any atom is 0.328 e. The van der Waals surface area contributed by atoms with Crippen molar-refractivity contribution < 1.29 is 9.53 Å². The summed E-state index contributed by atoms with van der Waals surface area (Å²) in [6.07, 6.45) is 3.95. The number of carbonyl (C=O) groups excluding carboxylic acids is 1. The Labute approximate surface area is 117 Å². The predicted octanol–water partition coefficient (Wildman–Crippen LogP) is 1.20. The molecule has 2 aromatic rings.